The lowest BCUT2D eigenvalue weighted by atomic mass is 10.6. The minimum atomic E-state index is -3.52. The smallest absolute Gasteiger partial charge is 0.257 e. The molecule has 0 rings (SSSR count). The summed E-state index contributed by atoms with van der Waals surface area (Å²) in [7, 11) is -7.03. The van der Waals surface area contributed by atoms with Gasteiger partial charge in [-0.15, -0.1) is 0 Å². The first-order chi connectivity index (χ1) is 8.33. The summed E-state index contributed by atoms with van der Waals surface area (Å²) < 4.78 is 53.4. The van der Waals surface area contributed by atoms with E-state index in [0.717, 1.165) is 0 Å². The summed E-state index contributed by atoms with van der Waals surface area (Å²) in [5.41, 5.74) is 0. The number of hydrogen-bond acceptors (Lipinski definition) is 6. The summed E-state index contributed by atoms with van der Waals surface area (Å²) >= 11 is 0. The fourth-order valence-electron chi connectivity index (χ4n) is 0.958. The second kappa shape index (κ2) is 8.48. The van der Waals surface area contributed by atoms with E-state index in [1.54, 1.807) is 13.8 Å². The van der Waals surface area contributed by atoms with Crippen LogP contribution in [0.15, 0.2) is 0 Å². The molecule has 0 aromatic rings. The highest BCUT2D eigenvalue weighted by atomic mass is 32.2. The van der Waals surface area contributed by atoms with Crippen molar-refractivity contribution in [2.24, 2.45) is 0 Å². The maximum Gasteiger partial charge on any atom is 0.268 e. The van der Waals surface area contributed by atoms with Crippen LogP contribution in [0.2, 0.25) is 0 Å². The van der Waals surface area contributed by atoms with Gasteiger partial charge in [-0.1, -0.05) is 25.7 Å². The molecule has 0 spiro atoms. The third-order valence-electron chi connectivity index (χ3n) is 1.65. The standard InChI is InChI=1S/C10H18O6S2/c1-3-9-17(11,12)15-7-5-6-8-16-18(13,14)10-4-2/h3-4,7-10H2,1-2H3. The lowest BCUT2D eigenvalue weighted by Gasteiger charge is -2.00. The molecule has 8 heteroatoms. The fourth-order valence-corrected chi connectivity index (χ4v) is 2.67. The van der Waals surface area contributed by atoms with Crippen LogP contribution in [0.4, 0.5) is 0 Å². The van der Waals surface area contributed by atoms with Gasteiger partial charge >= 0.3 is 0 Å². The molecule has 0 aromatic carbocycles. The van der Waals surface area contributed by atoms with Crippen molar-refractivity contribution in [1.29, 1.82) is 0 Å². The van der Waals surface area contributed by atoms with E-state index >= 15 is 0 Å². The quantitative estimate of drug-likeness (QED) is 0.479. The Hall–Kier alpha value is -0.620. The zero-order chi connectivity index (χ0) is 14.1. The molecule has 0 aliphatic carbocycles. The predicted octanol–water partition coefficient (Wildman–Crippen LogP) is 0.503. The summed E-state index contributed by atoms with van der Waals surface area (Å²) in [6.45, 7) is 2.86. The Balaban J connectivity index is 3.95. The molecule has 0 saturated heterocycles. The van der Waals surface area contributed by atoms with Gasteiger partial charge in [-0.05, 0) is 12.8 Å². The molecule has 0 aliphatic heterocycles. The third-order valence-corrected chi connectivity index (χ3v) is 4.42. The minimum Gasteiger partial charge on any atom is -0.257 e. The molecule has 6 nitrogen and oxygen atoms in total. The Morgan fingerprint density at radius 1 is 0.778 bits per heavy atom. The topological polar surface area (TPSA) is 86.7 Å². The largest absolute Gasteiger partial charge is 0.268 e. The summed E-state index contributed by atoms with van der Waals surface area (Å²) in [6, 6.07) is 0. The lowest BCUT2D eigenvalue weighted by Crippen LogP contribution is -2.11. The molecule has 0 N–H and O–H groups in total. The van der Waals surface area contributed by atoms with Crippen LogP contribution in [0.3, 0.4) is 0 Å². The molecule has 0 amide bonds. The summed E-state index contributed by atoms with van der Waals surface area (Å²) in [4.78, 5) is 0. The molecule has 0 saturated carbocycles. The zero-order valence-electron chi connectivity index (χ0n) is 10.5. The van der Waals surface area contributed by atoms with Gasteiger partial charge in [0.15, 0.2) is 0 Å². The van der Waals surface area contributed by atoms with Gasteiger partial charge in [-0.3, -0.25) is 8.37 Å². The SMILES string of the molecule is CCCS(=O)(=O)OCC#CCOS(=O)(=O)CCC. The molecule has 0 heterocycles. The van der Waals surface area contributed by atoms with Crippen molar-refractivity contribution >= 4 is 20.2 Å². The average Bonchev–Trinajstić information content (AvgIpc) is 2.22. The monoisotopic (exact) mass is 298 g/mol. The van der Waals surface area contributed by atoms with E-state index in [9.17, 15) is 16.8 Å². The van der Waals surface area contributed by atoms with Crippen LogP contribution in [-0.2, 0) is 28.6 Å². The second-order valence-electron chi connectivity index (χ2n) is 3.40. The van der Waals surface area contributed by atoms with E-state index in [1.807, 2.05) is 0 Å². The molecule has 0 radical (unpaired) electrons. The van der Waals surface area contributed by atoms with E-state index in [1.165, 1.54) is 0 Å². The molecule has 0 aliphatic rings. The summed E-state index contributed by atoms with van der Waals surface area (Å²) in [5, 5.41) is 0. The fraction of sp³-hybridized carbons (Fsp3) is 0.800. The van der Waals surface area contributed by atoms with Crippen LogP contribution in [0.1, 0.15) is 26.7 Å². The Kier molecular flexibility index (Phi) is 8.18. The molecule has 0 fully saturated rings. The first-order valence-corrected chi connectivity index (χ1v) is 8.68. The van der Waals surface area contributed by atoms with Crippen LogP contribution in [-0.4, -0.2) is 41.6 Å². The number of hydrogen-bond donors (Lipinski definition) is 0. The van der Waals surface area contributed by atoms with Gasteiger partial charge < -0.3 is 0 Å². The van der Waals surface area contributed by atoms with Crippen LogP contribution >= 0.6 is 0 Å². The highest BCUT2D eigenvalue weighted by Crippen LogP contribution is 1.96. The van der Waals surface area contributed by atoms with Crippen LogP contribution in [0.5, 0.6) is 0 Å². The summed E-state index contributed by atoms with van der Waals surface area (Å²) in [5.74, 6) is 4.63. The number of rotatable bonds is 8. The maximum atomic E-state index is 11.1. The van der Waals surface area contributed by atoms with Crippen molar-refractivity contribution in [3.8, 4) is 11.8 Å². The van der Waals surface area contributed by atoms with E-state index in [-0.39, 0.29) is 24.7 Å². The highest BCUT2D eigenvalue weighted by molar-refractivity contribution is 7.86. The van der Waals surface area contributed by atoms with Crippen molar-refractivity contribution in [3.05, 3.63) is 0 Å². The van der Waals surface area contributed by atoms with Gasteiger partial charge in [0.1, 0.15) is 13.2 Å². The third kappa shape index (κ3) is 9.41. The molecular formula is C10H18O6S2. The molecule has 0 atom stereocenters. The van der Waals surface area contributed by atoms with Crippen molar-refractivity contribution in [3.63, 3.8) is 0 Å². The normalized spacial score (nSPS) is 11.9. The van der Waals surface area contributed by atoms with Crippen molar-refractivity contribution < 1.29 is 25.2 Å². The van der Waals surface area contributed by atoms with Crippen molar-refractivity contribution in [1.82, 2.24) is 0 Å². The van der Waals surface area contributed by atoms with E-state index in [2.05, 4.69) is 20.2 Å². The Labute approximate surface area is 109 Å². The Morgan fingerprint density at radius 3 is 1.39 bits per heavy atom. The van der Waals surface area contributed by atoms with Gasteiger partial charge in [-0.2, -0.15) is 16.8 Å². The van der Waals surface area contributed by atoms with Gasteiger partial charge in [0, 0.05) is 0 Å². The molecule has 0 bridgehead atoms. The predicted molar refractivity (Wildman–Crippen MR) is 67.8 cm³/mol. The molecule has 0 aromatic heterocycles. The molecule has 18 heavy (non-hydrogen) atoms. The highest BCUT2D eigenvalue weighted by Gasteiger charge is 2.08. The molecular weight excluding hydrogens is 280 g/mol. The van der Waals surface area contributed by atoms with E-state index in [4.69, 9.17) is 0 Å². The summed E-state index contributed by atoms with van der Waals surface area (Å²) in [6.07, 6.45) is 0.933. The molecule has 0 unspecified atom stereocenters. The van der Waals surface area contributed by atoms with Crippen LogP contribution in [0.25, 0.3) is 0 Å². The first kappa shape index (κ1) is 17.4. The van der Waals surface area contributed by atoms with Gasteiger partial charge in [0.05, 0.1) is 11.5 Å². The van der Waals surface area contributed by atoms with Crippen LogP contribution in [0, 0.1) is 11.8 Å². The van der Waals surface area contributed by atoms with Crippen molar-refractivity contribution in [2.75, 3.05) is 24.7 Å². The van der Waals surface area contributed by atoms with Gasteiger partial charge in [0.2, 0.25) is 0 Å². The minimum absolute atomic E-state index is 0.0595. The second-order valence-corrected chi connectivity index (χ2v) is 6.92. The van der Waals surface area contributed by atoms with Crippen molar-refractivity contribution in [2.45, 2.75) is 26.7 Å². The van der Waals surface area contributed by atoms with Gasteiger partial charge in [-0.25, -0.2) is 0 Å². The molecule has 106 valence electrons. The average molecular weight is 298 g/mol. The van der Waals surface area contributed by atoms with Crippen LogP contribution < -0.4 is 0 Å². The zero-order valence-corrected chi connectivity index (χ0v) is 12.1. The first-order valence-electron chi connectivity index (χ1n) is 5.53. The Morgan fingerprint density at radius 2 is 1.11 bits per heavy atom. The van der Waals surface area contributed by atoms with E-state index < -0.39 is 20.2 Å². The maximum absolute atomic E-state index is 11.1. The lowest BCUT2D eigenvalue weighted by molar-refractivity contribution is 0.355. The van der Waals surface area contributed by atoms with E-state index in [0.29, 0.717) is 12.8 Å². The van der Waals surface area contributed by atoms with Gasteiger partial charge in [0.25, 0.3) is 20.2 Å². The Bertz CT molecular complexity index is 436.